The third-order valence-electron chi connectivity index (χ3n) is 2.62. The van der Waals surface area contributed by atoms with Gasteiger partial charge in [0, 0.05) is 20.2 Å². The zero-order chi connectivity index (χ0) is 13.5. The van der Waals surface area contributed by atoms with Crippen LogP contribution in [0.2, 0.25) is 0 Å². The Morgan fingerprint density at radius 1 is 1.56 bits per heavy atom. The molecule has 0 saturated heterocycles. The Labute approximate surface area is 107 Å². The number of methoxy groups -OCH3 is 1. The third-order valence-corrected chi connectivity index (χ3v) is 2.62. The standard InChI is InChI=1S/C14H18FNO2/c1-4-8-16(9-10-18-3)14(17)12-7-5-6-11(2)13(12)15/h4-7H,1,8-10H2,2-3H3. The van der Waals surface area contributed by atoms with E-state index in [0.717, 1.165) is 0 Å². The Morgan fingerprint density at radius 2 is 2.28 bits per heavy atom. The molecule has 0 aliphatic heterocycles. The third kappa shape index (κ3) is 3.40. The van der Waals surface area contributed by atoms with Gasteiger partial charge in [0.05, 0.1) is 12.2 Å². The first kappa shape index (κ1) is 14.4. The second kappa shape index (κ2) is 6.91. The minimum Gasteiger partial charge on any atom is -0.383 e. The van der Waals surface area contributed by atoms with Crippen molar-refractivity contribution in [3.05, 3.63) is 47.8 Å². The smallest absolute Gasteiger partial charge is 0.257 e. The molecule has 3 nitrogen and oxygen atoms in total. The predicted molar refractivity (Wildman–Crippen MR) is 69.1 cm³/mol. The van der Waals surface area contributed by atoms with Crippen molar-refractivity contribution in [2.24, 2.45) is 0 Å². The molecule has 0 radical (unpaired) electrons. The maximum atomic E-state index is 13.9. The van der Waals surface area contributed by atoms with Gasteiger partial charge in [-0.2, -0.15) is 0 Å². The maximum absolute atomic E-state index is 13.9. The number of amides is 1. The van der Waals surface area contributed by atoms with Crippen LogP contribution in [-0.4, -0.2) is 37.6 Å². The largest absolute Gasteiger partial charge is 0.383 e. The molecule has 1 amide bonds. The van der Waals surface area contributed by atoms with Gasteiger partial charge in [0.15, 0.2) is 0 Å². The fourth-order valence-corrected chi connectivity index (χ4v) is 1.62. The number of carbonyl (C=O) groups is 1. The number of hydrogen-bond donors (Lipinski definition) is 0. The minimum absolute atomic E-state index is 0.0907. The van der Waals surface area contributed by atoms with E-state index in [2.05, 4.69) is 6.58 Å². The zero-order valence-corrected chi connectivity index (χ0v) is 10.8. The second-order valence-corrected chi connectivity index (χ2v) is 3.97. The fourth-order valence-electron chi connectivity index (χ4n) is 1.62. The number of carbonyl (C=O) groups excluding carboxylic acids is 1. The van der Waals surface area contributed by atoms with E-state index in [4.69, 9.17) is 4.74 Å². The van der Waals surface area contributed by atoms with Crippen LogP contribution < -0.4 is 0 Å². The van der Waals surface area contributed by atoms with Crippen LogP contribution in [0.4, 0.5) is 4.39 Å². The van der Waals surface area contributed by atoms with Gasteiger partial charge in [-0.25, -0.2) is 4.39 Å². The molecule has 4 heteroatoms. The van der Waals surface area contributed by atoms with Gasteiger partial charge in [-0.3, -0.25) is 4.79 Å². The molecule has 1 aromatic rings. The lowest BCUT2D eigenvalue weighted by atomic mass is 10.1. The summed E-state index contributed by atoms with van der Waals surface area (Å²) in [5, 5.41) is 0. The minimum atomic E-state index is -0.464. The lowest BCUT2D eigenvalue weighted by Gasteiger charge is -2.21. The number of rotatable bonds is 6. The highest BCUT2D eigenvalue weighted by Crippen LogP contribution is 2.14. The SMILES string of the molecule is C=CCN(CCOC)C(=O)c1cccc(C)c1F. The van der Waals surface area contributed by atoms with E-state index in [1.165, 1.54) is 11.0 Å². The number of halogens is 1. The van der Waals surface area contributed by atoms with E-state index in [0.29, 0.717) is 25.3 Å². The number of benzene rings is 1. The highest BCUT2D eigenvalue weighted by atomic mass is 19.1. The predicted octanol–water partition coefficient (Wildman–Crippen LogP) is 2.41. The summed E-state index contributed by atoms with van der Waals surface area (Å²) < 4.78 is 18.8. The molecule has 18 heavy (non-hydrogen) atoms. The van der Waals surface area contributed by atoms with Gasteiger partial charge in [-0.15, -0.1) is 6.58 Å². The highest BCUT2D eigenvalue weighted by Gasteiger charge is 2.18. The Bertz CT molecular complexity index is 432. The van der Waals surface area contributed by atoms with Gasteiger partial charge in [0.1, 0.15) is 5.82 Å². The quantitative estimate of drug-likeness (QED) is 0.727. The molecule has 0 aliphatic carbocycles. The molecule has 0 heterocycles. The average Bonchev–Trinajstić information content (AvgIpc) is 2.37. The Kier molecular flexibility index (Phi) is 5.52. The van der Waals surface area contributed by atoms with Crippen molar-refractivity contribution in [2.75, 3.05) is 26.8 Å². The van der Waals surface area contributed by atoms with Gasteiger partial charge < -0.3 is 9.64 Å². The van der Waals surface area contributed by atoms with Gasteiger partial charge in [-0.1, -0.05) is 18.2 Å². The van der Waals surface area contributed by atoms with Crippen molar-refractivity contribution in [3.8, 4) is 0 Å². The summed E-state index contributed by atoms with van der Waals surface area (Å²) in [6, 6.07) is 4.81. The summed E-state index contributed by atoms with van der Waals surface area (Å²) in [5.41, 5.74) is 0.555. The molecule has 0 saturated carbocycles. The summed E-state index contributed by atoms with van der Waals surface area (Å²) in [5.74, 6) is -0.804. The van der Waals surface area contributed by atoms with Crippen LogP contribution in [0.15, 0.2) is 30.9 Å². The number of hydrogen-bond acceptors (Lipinski definition) is 2. The summed E-state index contributed by atoms with van der Waals surface area (Å²) in [7, 11) is 1.56. The van der Waals surface area contributed by atoms with E-state index >= 15 is 0 Å². The highest BCUT2D eigenvalue weighted by molar-refractivity contribution is 5.94. The summed E-state index contributed by atoms with van der Waals surface area (Å²) in [6.07, 6.45) is 1.61. The first-order valence-corrected chi connectivity index (χ1v) is 5.76. The van der Waals surface area contributed by atoms with Gasteiger partial charge >= 0.3 is 0 Å². The van der Waals surface area contributed by atoms with Gasteiger partial charge in [0.25, 0.3) is 5.91 Å². The van der Waals surface area contributed by atoms with Crippen molar-refractivity contribution in [2.45, 2.75) is 6.92 Å². The monoisotopic (exact) mass is 251 g/mol. The summed E-state index contributed by atoms with van der Waals surface area (Å²) >= 11 is 0. The van der Waals surface area contributed by atoms with Crippen LogP contribution in [-0.2, 0) is 4.74 Å². The lowest BCUT2D eigenvalue weighted by molar-refractivity contribution is 0.0713. The molecule has 1 aromatic carbocycles. The number of ether oxygens (including phenoxy) is 1. The molecule has 0 unspecified atom stereocenters. The Balaban J connectivity index is 2.94. The van der Waals surface area contributed by atoms with Gasteiger partial charge in [0.2, 0.25) is 0 Å². The van der Waals surface area contributed by atoms with E-state index in [9.17, 15) is 9.18 Å². The summed E-state index contributed by atoms with van der Waals surface area (Å²) in [4.78, 5) is 13.7. The van der Waals surface area contributed by atoms with Crippen LogP contribution in [0.25, 0.3) is 0 Å². The molecule has 0 atom stereocenters. The van der Waals surface area contributed by atoms with Crippen molar-refractivity contribution >= 4 is 5.91 Å². The first-order chi connectivity index (χ1) is 8.61. The van der Waals surface area contributed by atoms with E-state index in [1.54, 1.807) is 32.2 Å². The average molecular weight is 251 g/mol. The molecule has 0 fully saturated rings. The van der Waals surface area contributed by atoms with E-state index in [-0.39, 0.29) is 11.5 Å². The molecule has 0 bridgehead atoms. The van der Waals surface area contributed by atoms with Crippen LogP contribution in [0, 0.1) is 12.7 Å². The second-order valence-electron chi connectivity index (χ2n) is 3.97. The molecule has 0 aromatic heterocycles. The van der Waals surface area contributed by atoms with Crippen molar-refractivity contribution in [1.29, 1.82) is 0 Å². The van der Waals surface area contributed by atoms with Crippen molar-refractivity contribution in [1.82, 2.24) is 4.90 Å². The Hall–Kier alpha value is -1.68. The Morgan fingerprint density at radius 3 is 2.89 bits per heavy atom. The van der Waals surface area contributed by atoms with E-state index < -0.39 is 5.82 Å². The number of nitrogens with zero attached hydrogens (tertiary/aromatic N) is 1. The summed E-state index contributed by atoms with van der Waals surface area (Å²) in [6.45, 7) is 6.43. The molecule has 1 rings (SSSR count). The molecule has 0 aliphatic rings. The van der Waals surface area contributed by atoms with Crippen molar-refractivity contribution in [3.63, 3.8) is 0 Å². The fraction of sp³-hybridized carbons (Fsp3) is 0.357. The molecular weight excluding hydrogens is 233 g/mol. The van der Waals surface area contributed by atoms with E-state index in [1.807, 2.05) is 0 Å². The molecule has 0 N–H and O–H groups in total. The first-order valence-electron chi connectivity index (χ1n) is 5.76. The van der Waals surface area contributed by atoms with Crippen LogP contribution >= 0.6 is 0 Å². The van der Waals surface area contributed by atoms with Crippen LogP contribution in [0.1, 0.15) is 15.9 Å². The molecular formula is C14H18FNO2. The van der Waals surface area contributed by atoms with Crippen LogP contribution in [0.3, 0.4) is 0 Å². The van der Waals surface area contributed by atoms with Gasteiger partial charge in [-0.05, 0) is 18.6 Å². The van der Waals surface area contributed by atoms with Crippen molar-refractivity contribution < 1.29 is 13.9 Å². The van der Waals surface area contributed by atoms with Crippen LogP contribution in [0.5, 0.6) is 0 Å². The maximum Gasteiger partial charge on any atom is 0.257 e. The number of aryl methyl sites for hydroxylation is 1. The molecule has 0 spiro atoms. The molecule has 98 valence electrons. The lowest BCUT2D eigenvalue weighted by Crippen LogP contribution is -2.34. The normalized spacial score (nSPS) is 10.2. The topological polar surface area (TPSA) is 29.5 Å². The zero-order valence-electron chi connectivity index (χ0n) is 10.8.